The molecule has 0 N–H and O–H groups in total. The van der Waals surface area contributed by atoms with Gasteiger partial charge in [-0.05, 0) is 16.8 Å². The molecule has 6 nitrogen and oxygen atoms in total. The van der Waals surface area contributed by atoms with Gasteiger partial charge in [-0.15, -0.1) is 0 Å². The number of nitrogens with zero attached hydrogens (tertiary/aromatic N) is 2. The molecule has 6 heteroatoms. The lowest BCUT2D eigenvalue weighted by molar-refractivity contribution is -0.385. The van der Waals surface area contributed by atoms with Gasteiger partial charge in [-0.2, -0.15) is 0 Å². The fourth-order valence-electron chi connectivity index (χ4n) is 2.68. The first-order valence-electron chi connectivity index (χ1n) is 6.46. The number of likely N-dealkylation sites (N-methyl/N-ethyl adjacent to an activating group) is 1. The van der Waals surface area contributed by atoms with E-state index in [1.165, 1.54) is 13.1 Å². The van der Waals surface area contributed by atoms with Gasteiger partial charge < -0.3 is 0 Å². The molecule has 1 unspecified atom stereocenters. The van der Waals surface area contributed by atoms with Gasteiger partial charge in [-0.1, -0.05) is 24.3 Å². The van der Waals surface area contributed by atoms with Crippen molar-refractivity contribution in [1.82, 2.24) is 4.90 Å². The Morgan fingerprint density at radius 1 is 1.19 bits per heavy atom. The average Bonchev–Trinajstić information content (AvgIpc) is 2.73. The number of carbonyl (C=O) groups is 2. The molecule has 1 fully saturated rings. The van der Waals surface area contributed by atoms with Crippen LogP contribution in [0.5, 0.6) is 0 Å². The third-order valence-corrected chi connectivity index (χ3v) is 3.85. The van der Waals surface area contributed by atoms with Gasteiger partial charge in [0, 0.05) is 25.1 Å². The van der Waals surface area contributed by atoms with E-state index < -0.39 is 16.7 Å². The monoisotopic (exact) mass is 284 g/mol. The van der Waals surface area contributed by atoms with Crippen LogP contribution in [0.1, 0.15) is 17.9 Å². The third kappa shape index (κ3) is 2.05. The summed E-state index contributed by atoms with van der Waals surface area (Å²) in [6.45, 7) is 0. The average molecular weight is 284 g/mol. The van der Waals surface area contributed by atoms with E-state index in [1.54, 1.807) is 18.2 Å². The van der Waals surface area contributed by atoms with Crippen molar-refractivity contribution >= 4 is 28.3 Å². The first-order valence-corrected chi connectivity index (χ1v) is 6.46. The Morgan fingerprint density at radius 2 is 1.81 bits per heavy atom. The molecule has 1 aliphatic rings. The van der Waals surface area contributed by atoms with Crippen LogP contribution in [-0.4, -0.2) is 28.7 Å². The minimum Gasteiger partial charge on any atom is -0.285 e. The number of nitro benzene ring substituents is 1. The van der Waals surface area contributed by atoms with Crippen molar-refractivity contribution in [1.29, 1.82) is 0 Å². The quantitative estimate of drug-likeness (QED) is 0.481. The van der Waals surface area contributed by atoms with Crippen LogP contribution in [-0.2, 0) is 9.59 Å². The lowest BCUT2D eigenvalue weighted by Gasteiger charge is -2.11. The van der Waals surface area contributed by atoms with Crippen LogP contribution in [0.2, 0.25) is 0 Å². The summed E-state index contributed by atoms with van der Waals surface area (Å²) >= 11 is 0. The first kappa shape index (κ1) is 13.2. The molecule has 0 spiro atoms. The van der Waals surface area contributed by atoms with Crippen LogP contribution < -0.4 is 0 Å². The highest BCUT2D eigenvalue weighted by Gasteiger charge is 2.40. The summed E-state index contributed by atoms with van der Waals surface area (Å²) in [6.07, 6.45) is -0.0193. The van der Waals surface area contributed by atoms with Crippen molar-refractivity contribution in [3.8, 4) is 0 Å². The van der Waals surface area contributed by atoms with Gasteiger partial charge in [-0.25, -0.2) is 0 Å². The summed E-state index contributed by atoms with van der Waals surface area (Å²) in [5, 5.41) is 12.8. The molecule has 0 saturated carbocycles. The number of amides is 2. The van der Waals surface area contributed by atoms with Crippen LogP contribution in [0.3, 0.4) is 0 Å². The standard InChI is InChI=1S/C15H12N2O4/c1-16-14(18)8-12(15(16)19)11-6-9-4-2-3-5-10(9)7-13(11)17(20)21/h2-7,12H,8H2,1H3. The number of fused-ring (bicyclic) bond motifs is 1. The van der Waals surface area contributed by atoms with Gasteiger partial charge in [0.05, 0.1) is 10.8 Å². The molecule has 2 amide bonds. The number of benzene rings is 2. The molecular weight excluding hydrogens is 272 g/mol. The number of nitro groups is 1. The van der Waals surface area contributed by atoms with E-state index >= 15 is 0 Å². The Hall–Kier alpha value is -2.76. The zero-order chi connectivity index (χ0) is 15.1. The van der Waals surface area contributed by atoms with Gasteiger partial charge in [-0.3, -0.25) is 24.6 Å². The third-order valence-electron chi connectivity index (χ3n) is 3.85. The summed E-state index contributed by atoms with van der Waals surface area (Å²) in [7, 11) is 1.40. The second kappa shape index (κ2) is 4.66. The van der Waals surface area contributed by atoms with Gasteiger partial charge in [0.25, 0.3) is 5.69 Å². The van der Waals surface area contributed by atoms with Crippen molar-refractivity contribution < 1.29 is 14.5 Å². The SMILES string of the molecule is CN1C(=O)CC(c2cc3ccccc3cc2[N+](=O)[O-])C1=O. The van der Waals surface area contributed by atoms with Gasteiger partial charge >= 0.3 is 0 Å². The number of imide groups is 1. The largest absolute Gasteiger partial charge is 0.285 e. The molecule has 1 atom stereocenters. The van der Waals surface area contributed by atoms with Crippen LogP contribution in [0.15, 0.2) is 36.4 Å². The van der Waals surface area contributed by atoms with E-state index in [0.717, 1.165) is 15.7 Å². The van der Waals surface area contributed by atoms with E-state index in [4.69, 9.17) is 0 Å². The summed E-state index contributed by atoms with van der Waals surface area (Å²) in [6, 6.07) is 10.3. The molecule has 0 aliphatic carbocycles. The predicted octanol–water partition coefficient (Wildman–Crippen LogP) is 2.22. The van der Waals surface area contributed by atoms with Crippen molar-refractivity contribution in [3.05, 3.63) is 52.1 Å². The zero-order valence-corrected chi connectivity index (χ0v) is 11.3. The zero-order valence-electron chi connectivity index (χ0n) is 11.3. The number of rotatable bonds is 2. The van der Waals surface area contributed by atoms with Gasteiger partial charge in [0.2, 0.25) is 11.8 Å². The van der Waals surface area contributed by atoms with Gasteiger partial charge in [0.1, 0.15) is 0 Å². The molecule has 1 saturated heterocycles. The lowest BCUT2D eigenvalue weighted by Crippen LogP contribution is -2.25. The Kier molecular flexibility index (Phi) is 2.94. The van der Waals surface area contributed by atoms with E-state index in [0.29, 0.717) is 5.56 Å². The number of carbonyl (C=O) groups excluding carboxylic acids is 2. The molecule has 106 valence electrons. The van der Waals surface area contributed by atoms with E-state index in [1.807, 2.05) is 12.1 Å². The molecule has 1 aliphatic heterocycles. The van der Waals surface area contributed by atoms with Crippen molar-refractivity contribution in [2.45, 2.75) is 12.3 Å². The highest BCUT2D eigenvalue weighted by Crippen LogP contribution is 2.37. The highest BCUT2D eigenvalue weighted by atomic mass is 16.6. The predicted molar refractivity (Wildman–Crippen MR) is 75.7 cm³/mol. The first-order chi connectivity index (χ1) is 9.99. The van der Waals surface area contributed by atoms with Crippen molar-refractivity contribution in [2.24, 2.45) is 0 Å². The molecule has 21 heavy (non-hydrogen) atoms. The number of likely N-dealkylation sites (tertiary alicyclic amines) is 1. The Balaban J connectivity index is 2.21. The van der Waals surface area contributed by atoms with Crippen LogP contribution in [0.25, 0.3) is 10.8 Å². The van der Waals surface area contributed by atoms with E-state index in [9.17, 15) is 19.7 Å². The van der Waals surface area contributed by atoms with E-state index in [2.05, 4.69) is 0 Å². The number of hydrogen-bond donors (Lipinski definition) is 0. The normalized spacial score (nSPS) is 18.5. The topological polar surface area (TPSA) is 80.5 Å². The summed E-state index contributed by atoms with van der Waals surface area (Å²) in [5.74, 6) is -1.47. The smallest absolute Gasteiger partial charge is 0.274 e. The Morgan fingerprint density at radius 3 is 2.33 bits per heavy atom. The summed E-state index contributed by atoms with van der Waals surface area (Å²) in [4.78, 5) is 35.6. The Bertz CT molecular complexity index is 784. The molecule has 0 bridgehead atoms. The maximum Gasteiger partial charge on any atom is 0.274 e. The summed E-state index contributed by atoms with van der Waals surface area (Å²) in [5.41, 5.74) is 0.191. The lowest BCUT2D eigenvalue weighted by atomic mass is 9.93. The molecular formula is C15H12N2O4. The van der Waals surface area contributed by atoms with E-state index in [-0.39, 0.29) is 18.0 Å². The van der Waals surface area contributed by atoms with Gasteiger partial charge in [0.15, 0.2) is 0 Å². The Labute approximate surface area is 120 Å². The molecule has 1 heterocycles. The fourth-order valence-corrected chi connectivity index (χ4v) is 2.68. The highest BCUT2D eigenvalue weighted by molar-refractivity contribution is 6.06. The second-order valence-corrected chi connectivity index (χ2v) is 5.06. The summed E-state index contributed by atoms with van der Waals surface area (Å²) < 4.78 is 0. The van der Waals surface area contributed by atoms with Crippen LogP contribution in [0, 0.1) is 10.1 Å². The van der Waals surface area contributed by atoms with Crippen molar-refractivity contribution in [2.75, 3.05) is 7.05 Å². The minimum atomic E-state index is -0.771. The molecule has 2 aromatic rings. The van der Waals surface area contributed by atoms with Crippen LogP contribution >= 0.6 is 0 Å². The molecule has 0 radical (unpaired) electrons. The minimum absolute atomic E-state index is 0.0193. The second-order valence-electron chi connectivity index (χ2n) is 5.06. The molecule has 2 aromatic carbocycles. The molecule has 0 aromatic heterocycles. The number of hydrogen-bond acceptors (Lipinski definition) is 4. The maximum atomic E-state index is 12.1. The van der Waals surface area contributed by atoms with Crippen LogP contribution in [0.4, 0.5) is 5.69 Å². The maximum absolute atomic E-state index is 12.1. The molecule has 3 rings (SSSR count). The fraction of sp³-hybridized carbons (Fsp3) is 0.200. The van der Waals surface area contributed by atoms with Crippen molar-refractivity contribution in [3.63, 3.8) is 0 Å².